The zero-order valence-electron chi connectivity index (χ0n) is 11.0. The Hall–Kier alpha value is -1.59. The van der Waals surface area contributed by atoms with Crippen molar-refractivity contribution in [1.29, 1.82) is 0 Å². The molecule has 0 atom stereocenters. The molecule has 0 unspecified atom stereocenters. The molecule has 6 nitrogen and oxygen atoms in total. The summed E-state index contributed by atoms with van der Waals surface area (Å²) in [5, 5.41) is 2.72. The van der Waals surface area contributed by atoms with Gasteiger partial charge in [0, 0.05) is 32.7 Å². The second kappa shape index (κ2) is 6.98. The molecule has 0 saturated carbocycles. The molecule has 1 saturated heterocycles. The van der Waals surface area contributed by atoms with E-state index in [9.17, 15) is 14.4 Å². The SMILES string of the molecule is CC(C)CNC(=O)CC(=O)N1CCN(C=O)CC1. The minimum atomic E-state index is -0.230. The Morgan fingerprint density at radius 2 is 1.83 bits per heavy atom. The third kappa shape index (κ3) is 4.73. The van der Waals surface area contributed by atoms with Crippen LogP contribution >= 0.6 is 0 Å². The molecule has 1 fully saturated rings. The first-order valence-electron chi connectivity index (χ1n) is 6.26. The van der Waals surface area contributed by atoms with Crippen molar-refractivity contribution in [2.75, 3.05) is 32.7 Å². The van der Waals surface area contributed by atoms with Gasteiger partial charge < -0.3 is 15.1 Å². The molecule has 6 heteroatoms. The van der Waals surface area contributed by atoms with E-state index < -0.39 is 0 Å². The summed E-state index contributed by atoms with van der Waals surface area (Å²) in [7, 11) is 0. The number of hydrogen-bond acceptors (Lipinski definition) is 3. The maximum absolute atomic E-state index is 11.8. The number of hydrogen-bond donors (Lipinski definition) is 1. The molecule has 1 N–H and O–H groups in total. The minimum Gasteiger partial charge on any atom is -0.355 e. The summed E-state index contributed by atoms with van der Waals surface area (Å²) in [6, 6.07) is 0. The van der Waals surface area contributed by atoms with Crippen molar-refractivity contribution in [3.8, 4) is 0 Å². The van der Waals surface area contributed by atoms with Crippen LogP contribution in [0.4, 0.5) is 0 Å². The first-order chi connectivity index (χ1) is 8.52. The summed E-state index contributed by atoms with van der Waals surface area (Å²) < 4.78 is 0. The van der Waals surface area contributed by atoms with E-state index in [0.29, 0.717) is 38.6 Å². The maximum atomic E-state index is 11.8. The Morgan fingerprint density at radius 1 is 1.22 bits per heavy atom. The largest absolute Gasteiger partial charge is 0.355 e. The standard InChI is InChI=1S/C12H21N3O3/c1-10(2)8-13-11(17)7-12(18)15-5-3-14(9-16)4-6-15/h9-10H,3-8H2,1-2H3,(H,13,17). The first kappa shape index (κ1) is 14.5. The van der Waals surface area contributed by atoms with Crippen LogP contribution in [0.15, 0.2) is 0 Å². The van der Waals surface area contributed by atoms with Crippen molar-refractivity contribution >= 4 is 18.2 Å². The second-order valence-corrected chi connectivity index (χ2v) is 4.90. The van der Waals surface area contributed by atoms with E-state index in [1.54, 1.807) is 9.80 Å². The third-order valence-corrected chi connectivity index (χ3v) is 2.84. The fraction of sp³-hybridized carbons (Fsp3) is 0.750. The molecule has 1 heterocycles. The number of amides is 3. The lowest BCUT2D eigenvalue weighted by Crippen LogP contribution is -2.49. The summed E-state index contributed by atoms with van der Waals surface area (Å²) in [5.41, 5.74) is 0. The van der Waals surface area contributed by atoms with Crippen molar-refractivity contribution in [2.45, 2.75) is 20.3 Å². The quantitative estimate of drug-likeness (QED) is 0.529. The molecule has 3 amide bonds. The molecule has 0 radical (unpaired) electrons. The van der Waals surface area contributed by atoms with E-state index in [2.05, 4.69) is 5.32 Å². The van der Waals surface area contributed by atoms with Crippen LogP contribution in [0.1, 0.15) is 20.3 Å². The average molecular weight is 255 g/mol. The van der Waals surface area contributed by atoms with E-state index in [1.165, 1.54) is 0 Å². The molecule has 1 aliphatic rings. The van der Waals surface area contributed by atoms with Gasteiger partial charge in [0.1, 0.15) is 6.42 Å². The second-order valence-electron chi connectivity index (χ2n) is 4.90. The van der Waals surface area contributed by atoms with Gasteiger partial charge in [-0.15, -0.1) is 0 Å². The van der Waals surface area contributed by atoms with Gasteiger partial charge in [0.25, 0.3) is 0 Å². The van der Waals surface area contributed by atoms with Crippen LogP contribution in [0.2, 0.25) is 0 Å². The van der Waals surface area contributed by atoms with E-state index >= 15 is 0 Å². The van der Waals surface area contributed by atoms with Crippen LogP contribution in [0, 0.1) is 5.92 Å². The molecular formula is C12H21N3O3. The fourth-order valence-electron chi connectivity index (χ4n) is 1.71. The summed E-state index contributed by atoms with van der Waals surface area (Å²) in [4.78, 5) is 37.1. The zero-order valence-corrected chi connectivity index (χ0v) is 11.0. The van der Waals surface area contributed by atoms with Gasteiger partial charge in [-0.2, -0.15) is 0 Å². The van der Waals surface area contributed by atoms with Gasteiger partial charge >= 0.3 is 0 Å². The van der Waals surface area contributed by atoms with Crippen LogP contribution in [0.3, 0.4) is 0 Å². The minimum absolute atomic E-state index is 0.103. The van der Waals surface area contributed by atoms with Gasteiger partial charge in [-0.25, -0.2) is 0 Å². The highest BCUT2D eigenvalue weighted by molar-refractivity contribution is 5.96. The first-order valence-corrected chi connectivity index (χ1v) is 6.26. The highest BCUT2D eigenvalue weighted by Crippen LogP contribution is 2.02. The highest BCUT2D eigenvalue weighted by atomic mass is 16.2. The van der Waals surface area contributed by atoms with E-state index in [1.807, 2.05) is 13.8 Å². The number of carbonyl (C=O) groups excluding carboxylic acids is 3. The number of carbonyl (C=O) groups is 3. The highest BCUT2D eigenvalue weighted by Gasteiger charge is 2.21. The monoisotopic (exact) mass is 255 g/mol. The van der Waals surface area contributed by atoms with Crippen molar-refractivity contribution in [3.05, 3.63) is 0 Å². The van der Waals surface area contributed by atoms with Gasteiger partial charge in [-0.3, -0.25) is 14.4 Å². The Kier molecular flexibility index (Phi) is 5.61. The van der Waals surface area contributed by atoms with E-state index in [-0.39, 0.29) is 18.2 Å². The van der Waals surface area contributed by atoms with Crippen molar-refractivity contribution < 1.29 is 14.4 Å². The smallest absolute Gasteiger partial charge is 0.232 e. The third-order valence-electron chi connectivity index (χ3n) is 2.84. The maximum Gasteiger partial charge on any atom is 0.232 e. The molecule has 0 bridgehead atoms. The number of piperazine rings is 1. The summed E-state index contributed by atoms with van der Waals surface area (Å²) in [6.45, 7) is 6.70. The van der Waals surface area contributed by atoms with Crippen LogP contribution in [-0.4, -0.2) is 60.7 Å². The van der Waals surface area contributed by atoms with E-state index in [0.717, 1.165) is 6.41 Å². The summed E-state index contributed by atoms with van der Waals surface area (Å²) in [6.07, 6.45) is 0.685. The van der Waals surface area contributed by atoms with Crippen LogP contribution in [-0.2, 0) is 14.4 Å². The Balaban J connectivity index is 2.28. The molecule has 0 spiro atoms. The molecule has 1 rings (SSSR count). The lowest BCUT2D eigenvalue weighted by Gasteiger charge is -2.32. The Bertz CT molecular complexity index is 310. The molecule has 1 aliphatic heterocycles. The van der Waals surface area contributed by atoms with Crippen LogP contribution in [0.25, 0.3) is 0 Å². The molecule has 0 aromatic carbocycles. The van der Waals surface area contributed by atoms with Crippen LogP contribution < -0.4 is 5.32 Å². The molecule has 18 heavy (non-hydrogen) atoms. The molecule has 0 aliphatic carbocycles. The summed E-state index contributed by atoms with van der Waals surface area (Å²) in [5.74, 6) is -0.0199. The predicted octanol–water partition coefficient (Wildman–Crippen LogP) is -0.551. The Labute approximate surface area is 107 Å². The lowest BCUT2D eigenvalue weighted by atomic mass is 10.2. The molecule has 0 aromatic rings. The average Bonchev–Trinajstić information content (AvgIpc) is 2.36. The predicted molar refractivity (Wildman–Crippen MR) is 66.7 cm³/mol. The fourth-order valence-corrected chi connectivity index (χ4v) is 1.71. The lowest BCUT2D eigenvalue weighted by molar-refractivity contribution is -0.139. The van der Waals surface area contributed by atoms with Crippen LogP contribution in [0.5, 0.6) is 0 Å². The number of nitrogens with one attached hydrogen (secondary N) is 1. The van der Waals surface area contributed by atoms with E-state index in [4.69, 9.17) is 0 Å². The van der Waals surface area contributed by atoms with Crippen molar-refractivity contribution in [2.24, 2.45) is 5.92 Å². The molecule has 102 valence electrons. The van der Waals surface area contributed by atoms with Gasteiger partial charge in [-0.1, -0.05) is 13.8 Å². The van der Waals surface area contributed by atoms with Gasteiger partial charge in [0.05, 0.1) is 0 Å². The topological polar surface area (TPSA) is 69.7 Å². The summed E-state index contributed by atoms with van der Waals surface area (Å²) >= 11 is 0. The normalized spacial score (nSPS) is 15.7. The number of nitrogens with zero attached hydrogens (tertiary/aromatic N) is 2. The Morgan fingerprint density at radius 3 is 2.33 bits per heavy atom. The number of rotatable bonds is 5. The van der Waals surface area contributed by atoms with Crippen molar-refractivity contribution in [3.63, 3.8) is 0 Å². The molecule has 0 aromatic heterocycles. The van der Waals surface area contributed by atoms with Gasteiger partial charge in [-0.05, 0) is 5.92 Å². The van der Waals surface area contributed by atoms with Gasteiger partial charge in [0.2, 0.25) is 18.2 Å². The zero-order chi connectivity index (χ0) is 13.5. The van der Waals surface area contributed by atoms with Crippen molar-refractivity contribution in [1.82, 2.24) is 15.1 Å². The molecular weight excluding hydrogens is 234 g/mol. The van der Waals surface area contributed by atoms with Gasteiger partial charge in [0.15, 0.2) is 0 Å².